The molecule has 0 spiro atoms. The molecule has 3 heterocycles. The Kier molecular flexibility index (Phi) is 4.15. The quantitative estimate of drug-likeness (QED) is 0.574. The number of alkyl halides is 4. The van der Waals surface area contributed by atoms with Crippen molar-refractivity contribution < 1.29 is 13.2 Å². The number of fused-ring (bicyclic) bond motifs is 2. The average Bonchev–Trinajstić information content (AvgIpc) is 3.13. The Labute approximate surface area is 173 Å². The van der Waals surface area contributed by atoms with Crippen molar-refractivity contribution in [2.24, 2.45) is 16.0 Å². The Bertz CT molecular complexity index is 1020. The molecular weight excluding hydrogens is 425 g/mol. The van der Waals surface area contributed by atoms with Crippen LogP contribution in [-0.4, -0.2) is 44.6 Å². The first-order valence-electron chi connectivity index (χ1n) is 8.91. The van der Waals surface area contributed by atoms with E-state index in [4.69, 9.17) is 11.6 Å². The number of benzene rings is 1. The zero-order chi connectivity index (χ0) is 20.4. The number of hydrazone groups is 1. The molecule has 1 fully saturated rings. The highest BCUT2D eigenvalue weighted by molar-refractivity contribution is 8.00. The number of rotatable bonds is 4. The van der Waals surface area contributed by atoms with Crippen LogP contribution in [0.1, 0.15) is 17.5 Å². The fraction of sp³-hybridized carbons (Fsp3) is 0.389. The van der Waals surface area contributed by atoms with Crippen LogP contribution < -0.4 is 10.3 Å². The smallest absolute Gasteiger partial charge is 0.336 e. The van der Waals surface area contributed by atoms with E-state index < -0.39 is 28.3 Å². The number of nitrogens with zero attached hydrogens (tertiary/aromatic N) is 5. The van der Waals surface area contributed by atoms with Gasteiger partial charge in [-0.25, -0.2) is 9.69 Å². The number of hydrogen-bond donors (Lipinski definition) is 1. The third-order valence-electron chi connectivity index (χ3n) is 5.40. The summed E-state index contributed by atoms with van der Waals surface area (Å²) < 4.78 is 41.6. The molecule has 152 valence electrons. The molecule has 1 aromatic carbocycles. The van der Waals surface area contributed by atoms with E-state index >= 15 is 0 Å². The van der Waals surface area contributed by atoms with Gasteiger partial charge in [0.1, 0.15) is 16.4 Å². The fourth-order valence-corrected chi connectivity index (χ4v) is 5.07. The van der Waals surface area contributed by atoms with Crippen LogP contribution in [0.2, 0.25) is 0 Å². The van der Waals surface area contributed by atoms with E-state index in [1.165, 1.54) is 16.8 Å². The van der Waals surface area contributed by atoms with Gasteiger partial charge in [0.25, 0.3) is 0 Å². The van der Waals surface area contributed by atoms with E-state index in [0.29, 0.717) is 18.7 Å². The van der Waals surface area contributed by atoms with Crippen LogP contribution in [-0.2, 0) is 6.54 Å². The first-order chi connectivity index (χ1) is 13.8. The van der Waals surface area contributed by atoms with Crippen molar-refractivity contribution in [3.8, 4) is 0 Å². The molecule has 3 atom stereocenters. The first-order valence-corrected chi connectivity index (χ1v) is 10.6. The van der Waals surface area contributed by atoms with Gasteiger partial charge in [0.15, 0.2) is 5.62 Å². The number of nitrogens with one attached hydrogen (secondary N) is 1. The first kappa shape index (κ1) is 18.8. The van der Waals surface area contributed by atoms with Crippen LogP contribution in [0.5, 0.6) is 0 Å². The highest BCUT2D eigenvalue weighted by Gasteiger charge is 2.70. The zero-order valence-electron chi connectivity index (χ0n) is 15.2. The van der Waals surface area contributed by atoms with Crippen LogP contribution in [0.15, 0.2) is 40.6 Å². The summed E-state index contributed by atoms with van der Waals surface area (Å²) >= 11 is 7.43. The molecule has 3 aliphatic rings. The summed E-state index contributed by atoms with van der Waals surface area (Å²) in [5.74, 6) is 0.217. The summed E-state index contributed by atoms with van der Waals surface area (Å²) in [5, 5.41) is 12.9. The molecule has 11 heteroatoms. The molecule has 0 radical (unpaired) electrons. The summed E-state index contributed by atoms with van der Waals surface area (Å²) in [6, 6.07) is 7.37. The second-order valence-corrected chi connectivity index (χ2v) is 8.66. The highest BCUT2D eigenvalue weighted by atomic mass is 35.5. The molecule has 0 amide bonds. The summed E-state index contributed by atoms with van der Waals surface area (Å²) in [6.45, 7) is 0.493. The van der Waals surface area contributed by atoms with Gasteiger partial charge in [-0.2, -0.15) is 23.4 Å². The van der Waals surface area contributed by atoms with Gasteiger partial charge in [0.2, 0.25) is 0 Å². The topological polar surface area (TPSA) is 57.8 Å². The van der Waals surface area contributed by atoms with Gasteiger partial charge in [0, 0.05) is 12.1 Å². The van der Waals surface area contributed by atoms with Crippen LogP contribution >= 0.6 is 23.4 Å². The summed E-state index contributed by atoms with van der Waals surface area (Å²) in [4.78, 5) is 3.45. The van der Waals surface area contributed by atoms with Crippen molar-refractivity contribution in [2.75, 3.05) is 16.6 Å². The Morgan fingerprint density at radius 2 is 2.07 bits per heavy atom. The normalized spacial score (nSPS) is 27.3. The van der Waals surface area contributed by atoms with E-state index in [2.05, 4.69) is 20.5 Å². The van der Waals surface area contributed by atoms with E-state index in [-0.39, 0.29) is 0 Å². The van der Waals surface area contributed by atoms with Crippen molar-refractivity contribution in [3.05, 3.63) is 41.6 Å². The lowest BCUT2D eigenvalue weighted by Gasteiger charge is -2.25. The molecule has 2 aliphatic heterocycles. The third kappa shape index (κ3) is 3.00. The third-order valence-corrected chi connectivity index (χ3v) is 6.96. The van der Waals surface area contributed by atoms with E-state index in [0.717, 1.165) is 16.9 Å². The Morgan fingerprint density at radius 3 is 2.76 bits per heavy atom. The van der Waals surface area contributed by atoms with Gasteiger partial charge in [-0.1, -0.05) is 23.7 Å². The Morgan fingerprint density at radius 1 is 1.31 bits per heavy atom. The Hall–Kier alpha value is -2.20. The maximum absolute atomic E-state index is 13.3. The van der Waals surface area contributed by atoms with Crippen LogP contribution in [0.3, 0.4) is 0 Å². The largest absolute Gasteiger partial charge is 0.431 e. The maximum atomic E-state index is 13.3. The minimum absolute atomic E-state index is 0.459. The molecular formula is C18H16ClF3N6S. The molecule has 3 unspecified atom stereocenters. The summed E-state index contributed by atoms with van der Waals surface area (Å²) in [6.07, 6.45) is 1.27. The number of aromatic nitrogens is 2. The summed E-state index contributed by atoms with van der Waals surface area (Å²) in [5.41, 5.74) is 1.25. The van der Waals surface area contributed by atoms with Crippen molar-refractivity contribution >= 4 is 46.8 Å². The van der Waals surface area contributed by atoms with E-state index in [1.54, 1.807) is 29.2 Å². The van der Waals surface area contributed by atoms with Gasteiger partial charge in [-0.05, 0) is 30.4 Å². The van der Waals surface area contributed by atoms with Gasteiger partial charge < -0.3 is 5.32 Å². The molecule has 0 bridgehead atoms. The maximum Gasteiger partial charge on any atom is 0.431 e. The number of halogens is 4. The molecule has 29 heavy (non-hydrogen) atoms. The number of anilines is 2. The van der Waals surface area contributed by atoms with Crippen molar-refractivity contribution in [2.45, 2.75) is 29.6 Å². The number of hydrogen-bond acceptors (Lipinski definition) is 6. The zero-order valence-corrected chi connectivity index (χ0v) is 16.8. The average molecular weight is 441 g/mol. The predicted octanol–water partition coefficient (Wildman–Crippen LogP) is 4.12. The van der Waals surface area contributed by atoms with Gasteiger partial charge >= 0.3 is 6.18 Å². The van der Waals surface area contributed by atoms with Crippen LogP contribution in [0.4, 0.5) is 24.7 Å². The van der Waals surface area contributed by atoms with Gasteiger partial charge in [-0.3, -0.25) is 4.99 Å². The summed E-state index contributed by atoms with van der Waals surface area (Å²) in [7, 11) is 0. The number of aliphatic imine (C=N–C) groups is 1. The molecule has 6 nitrogen and oxygen atoms in total. The van der Waals surface area contributed by atoms with Crippen molar-refractivity contribution in [1.29, 1.82) is 0 Å². The minimum Gasteiger partial charge on any atom is -0.336 e. The van der Waals surface area contributed by atoms with Gasteiger partial charge in [-0.15, -0.1) is 11.8 Å². The number of thioether (sulfide) groups is 1. The standard InChI is InChI=1S/C18H16ClF3N6S/c1-29-17-6-13(17)14(18(20,21)22)26-28(17)12-4-2-10(3-5-12)9-27-15-11(8-24-27)7-23-16(19)25-15/h2-5,7-8,13,16,25H,6,9H2,1H3. The van der Waals surface area contributed by atoms with E-state index in [9.17, 15) is 13.2 Å². The van der Waals surface area contributed by atoms with Gasteiger partial charge in [0.05, 0.1) is 24.0 Å². The predicted molar refractivity (Wildman–Crippen MR) is 109 cm³/mol. The lowest BCUT2D eigenvalue weighted by atomic mass is 10.2. The van der Waals surface area contributed by atoms with Crippen molar-refractivity contribution in [1.82, 2.24) is 9.78 Å². The lowest BCUT2D eigenvalue weighted by Crippen LogP contribution is -2.27. The molecule has 1 aliphatic carbocycles. The molecule has 2 aromatic rings. The Balaban J connectivity index is 1.38. The molecule has 1 saturated carbocycles. The second kappa shape index (κ2) is 6.40. The van der Waals surface area contributed by atoms with Crippen LogP contribution in [0, 0.1) is 5.92 Å². The van der Waals surface area contributed by atoms with Crippen molar-refractivity contribution in [3.63, 3.8) is 0 Å². The minimum atomic E-state index is -4.40. The SMILES string of the molecule is CSC12CC1C(C(F)(F)F)=NN2c1ccc(Cn2ncc3c2NC(Cl)N=C3)cc1. The molecule has 5 rings (SSSR count). The lowest BCUT2D eigenvalue weighted by molar-refractivity contribution is -0.0609. The second-order valence-electron chi connectivity index (χ2n) is 7.13. The van der Waals surface area contributed by atoms with Crippen LogP contribution in [0.25, 0.3) is 0 Å². The highest BCUT2D eigenvalue weighted by Crippen LogP contribution is 2.62. The molecule has 0 saturated heterocycles. The fourth-order valence-electron chi connectivity index (χ4n) is 3.87. The monoisotopic (exact) mass is 440 g/mol. The van der Waals surface area contributed by atoms with E-state index in [1.807, 2.05) is 18.4 Å². The molecule has 1 aromatic heterocycles. The molecule has 1 N–H and O–H groups in total.